The fourth-order valence-electron chi connectivity index (χ4n) is 1.50. The van der Waals surface area contributed by atoms with Crippen LogP contribution in [0.5, 0.6) is 11.5 Å². The monoisotopic (exact) mass is 225 g/mol. The van der Waals surface area contributed by atoms with Gasteiger partial charge in [-0.25, -0.2) is 8.78 Å². The van der Waals surface area contributed by atoms with Gasteiger partial charge in [0.1, 0.15) is 0 Å². The number of benzene rings is 1. The largest absolute Gasteiger partial charge is 0.490 e. The third-order valence-electron chi connectivity index (χ3n) is 2.28. The predicted molar refractivity (Wildman–Crippen MR) is 51.7 cm³/mol. The van der Waals surface area contributed by atoms with Crippen molar-refractivity contribution >= 4 is 0 Å². The number of nitrogens with zero attached hydrogens (tertiary/aromatic N) is 1. The minimum Gasteiger partial charge on any atom is -0.490 e. The Balaban J connectivity index is 2.50. The highest BCUT2D eigenvalue weighted by molar-refractivity contribution is 5.52. The fourth-order valence-corrected chi connectivity index (χ4v) is 1.50. The number of hydrogen-bond donors (Lipinski definition) is 0. The van der Waals surface area contributed by atoms with E-state index in [-0.39, 0.29) is 16.9 Å². The number of fused-ring (bicyclic) bond motifs is 1. The van der Waals surface area contributed by atoms with Crippen molar-refractivity contribution in [1.82, 2.24) is 0 Å². The lowest BCUT2D eigenvalue weighted by molar-refractivity contribution is 0.150. The molecule has 0 saturated heterocycles. The van der Waals surface area contributed by atoms with Crippen molar-refractivity contribution in [3.8, 4) is 17.6 Å². The third kappa shape index (κ3) is 1.91. The van der Waals surface area contributed by atoms with E-state index in [1.807, 2.05) is 0 Å². The van der Waals surface area contributed by atoms with E-state index >= 15 is 0 Å². The summed E-state index contributed by atoms with van der Waals surface area (Å²) in [5, 5.41) is 8.76. The van der Waals surface area contributed by atoms with Crippen LogP contribution in [-0.4, -0.2) is 13.2 Å². The lowest BCUT2D eigenvalue weighted by Crippen LogP contribution is -1.97. The van der Waals surface area contributed by atoms with Crippen LogP contribution in [0.15, 0.2) is 12.1 Å². The van der Waals surface area contributed by atoms with Gasteiger partial charge >= 0.3 is 0 Å². The molecule has 0 saturated carbocycles. The van der Waals surface area contributed by atoms with Crippen LogP contribution < -0.4 is 9.47 Å². The van der Waals surface area contributed by atoms with Gasteiger partial charge in [-0.05, 0) is 6.07 Å². The molecule has 0 atom stereocenters. The molecule has 1 aliphatic heterocycles. The van der Waals surface area contributed by atoms with Gasteiger partial charge in [-0.2, -0.15) is 5.26 Å². The summed E-state index contributed by atoms with van der Waals surface area (Å²) in [4.78, 5) is 0. The van der Waals surface area contributed by atoms with E-state index in [1.54, 1.807) is 6.07 Å². The molecule has 1 heterocycles. The number of ether oxygens (including phenoxy) is 2. The molecule has 0 N–H and O–H groups in total. The molecule has 3 nitrogen and oxygen atoms in total. The zero-order valence-electron chi connectivity index (χ0n) is 8.37. The van der Waals surface area contributed by atoms with Crippen molar-refractivity contribution in [3.05, 3.63) is 23.3 Å². The molecule has 0 fully saturated rings. The van der Waals surface area contributed by atoms with Crippen molar-refractivity contribution in [2.45, 2.75) is 12.8 Å². The lowest BCUT2D eigenvalue weighted by atomic mass is 10.1. The quantitative estimate of drug-likeness (QED) is 0.737. The Labute approximate surface area is 91.2 Å². The summed E-state index contributed by atoms with van der Waals surface area (Å²) in [6.07, 6.45) is -1.99. The van der Waals surface area contributed by atoms with Crippen LogP contribution in [0.3, 0.4) is 0 Å². The normalized spacial score (nSPS) is 14.4. The van der Waals surface area contributed by atoms with Gasteiger partial charge in [-0.15, -0.1) is 0 Å². The molecular formula is C11H9F2NO2. The zero-order valence-corrected chi connectivity index (χ0v) is 8.37. The average Bonchev–Trinajstić information content (AvgIpc) is 2.51. The van der Waals surface area contributed by atoms with Gasteiger partial charge in [-0.1, -0.05) is 0 Å². The predicted octanol–water partition coefficient (Wildman–Crippen LogP) is 2.66. The lowest BCUT2D eigenvalue weighted by Gasteiger charge is -2.10. The van der Waals surface area contributed by atoms with Gasteiger partial charge in [0.15, 0.2) is 11.5 Å². The molecule has 1 aliphatic rings. The van der Waals surface area contributed by atoms with E-state index < -0.39 is 6.43 Å². The van der Waals surface area contributed by atoms with E-state index in [2.05, 4.69) is 0 Å². The number of hydrogen-bond acceptors (Lipinski definition) is 3. The second-order valence-corrected chi connectivity index (χ2v) is 3.35. The minimum absolute atomic E-state index is 0.0701. The van der Waals surface area contributed by atoms with Gasteiger partial charge < -0.3 is 9.47 Å². The Morgan fingerprint density at radius 1 is 1.19 bits per heavy atom. The summed E-state index contributed by atoms with van der Waals surface area (Å²) in [6.45, 7) is 0.896. The number of halogens is 2. The Bertz CT molecular complexity index is 440. The maximum atomic E-state index is 12.6. The highest BCUT2D eigenvalue weighted by atomic mass is 19.3. The molecule has 0 aliphatic carbocycles. The molecule has 0 amide bonds. The van der Waals surface area contributed by atoms with E-state index in [0.29, 0.717) is 25.4 Å². The summed E-state index contributed by atoms with van der Waals surface area (Å²) in [5.74, 6) is 0.644. The summed E-state index contributed by atoms with van der Waals surface area (Å²) in [7, 11) is 0. The SMILES string of the molecule is N#Cc1cc2c(cc1C(F)F)OCCCO2. The Morgan fingerprint density at radius 2 is 1.81 bits per heavy atom. The number of nitriles is 1. The molecule has 2 rings (SSSR count). The summed E-state index contributed by atoms with van der Waals surface area (Å²) >= 11 is 0. The van der Waals surface area contributed by atoms with Crippen LogP contribution in [0.4, 0.5) is 8.78 Å². The van der Waals surface area contributed by atoms with Crippen LogP contribution in [-0.2, 0) is 0 Å². The molecule has 0 radical (unpaired) electrons. The minimum atomic E-state index is -2.69. The van der Waals surface area contributed by atoms with E-state index in [1.165, 1.54) is 12.1 Å². The van der Waals surface area contributed by atoms with Gasteiger partial charge in [0.05, 0.1) is 24.8 Å². The highest BCUT2D eigenvalue weighted by Gasteiger charge is 2.19. The number of alkyl halides is 2. The van der Waals surface area contributed by atoms with Gasteiger partial charge in [-0.3, -0.25) is 0 Å². The highest BCUT2D eigenvalue weighted by Crippen LogP contribution is 2.36. The maximum Gasteiger partial charge on any atom is 0.265 e. The maximum absolute atomic E-state index is 12.6. The summed E-state index contributed by atoms with van der Waals surface area (Å²) in [6, 6.07) is 4.22. The molecule has 0 bridgehead atoms. The first kappa shape index (κ1) is 10.7. The molecular weight excluding hydrogens is 216 g/mol. The molecule has 0 aromatic heterocycles. The van der Waals surface area contributed by atoms with Crippen LogP contribution >= 0.6 is 0 Å². The van der Waals surface area contributed by atoms with E-state index in [9.17, 15) is 8.78 Å². The van der Waals surface area contributed by atoms with Crippen molar-refractivity contribution in [2.24, 2.45) is 0 Å². The van der Waals surface area contributed by atoms with Gasteiger partial charge in [0.25, 0.3) is 6.43 Å². The summed E-state index contributed by atoms with van der Waals surface area (Å²) < 4.78 is 35.9. The van der Waals surface area contributed by atoms with Gasteiger partial charge in [0.2, 0.25) is 0 Å². The average molecular weight is 225 g/mol. The molecule has 1 aromatic carbocycles. The van der Waals surface area contributed by atoms with E-state index in [4.69, 9.17) is 14.7 Å². The molecule has 5 heteroatoms. The van der Waals surface area contributed by atoms with Crippen LogP contribution in [0.1, 0.15) is 24.0 Å². The zero-order chi connectivity index (χ0) is 11.5. The van der Waals surface area contributed by atoms with E-state index in [0.717, 1.165) is 0 Å². The first-order valence-corrected chi connectivity index (χ1v) is 4.84. The van der Waals surface area contributed by atoms with Crippen LogP contribution in [0, 0.1) is 11.3 Å². The molecule has 0 spiro atoms. The Kier molecular flexibility index (Phi) is 2.91. The molecule has 16 heavy (non-hydrogen) atoms. The van der Waals surface area contributed by atoms with Crippen molar-refractivity contribution in [3.63, 3.8) is 0 Å². The summed E-state index contributed by atoms with van der Waals surface area (Å²) in [5.41, 5.74) is -0.383. The smallest absolute Gasteiger partial charge is 0.265 e. The van der Waals surface area contributed by atoms with Crippen molar-refractivity contribution in [1.29, 1.82) is 5.26 Å². The second kappa shape index (κ2) is 4.35. The Morgan fingerprint density at radius 3 is 2.38 bits per heavy atom. The van der Waals surface area contributed by atoms with Crippen LogP contribution in [0.25, 0.3) is 0 Å². The van der Waals surface area contributed by atoms with Crippen LogP contribution in [0.2, 0.25) is 0 Å². The van der Waals surface area contributed by atoms with Gasteiger partial charge in [0, 0.05) is 18.1 Å². The second-order valence-electron chi connectivity index (χ2n) is 3.35. The third-order valence-corrected chi connectivity index (χ3v) is 2.28. The topological polar surface area (TPSA) is 42.2 Å². The van der Waals surface area contributed by atoms with Crippen molar-refractivity contribution < 1.29 is 18.3 Å². The first-order chi connectivity index (χ1) is 7.72. The molecule has 0 unspecified atom stereocenters. The first-order valence-electron chi connectivity index (χ1n) is 4.84. The van der Waals surface area contributed by atoms with Crippen molar-refractivity contribution in [2.75, 3.05) is 13.2 Å². The number of rotatable bonds is 1. The fraction of sp³-hybridized carbons (Fsp3) is 0.364. The molecule has 84 valence electrons. The molecule has 1 aromatic rings. The standard InChI is InChI=1S/C11H9F2NO2/c12-11(13)8-5-10-9(4-7(8)6-14)15-2-1-3-16-10/h4-5,11H,1-3H2. The Hall–Kier alpha value is -1.83.